The lowest BCUT2D eigenvalue weighted by Gasteiger charge is -2.34. The zero-order valence-corrected chi connectivity index (χ0v) is 14.7. The van der Waals surface area contributed by atoms with Crippen molar-refractivity contribution in [3.8, 4) is 0 Å². The molecule has 130 valence electrons. The number of sulfonamides is 1. The number of likely N-dealkylation sites (tertiary alicyclic amines) is 1. The molecule has 1 aromatic carbocycles. The Morgan fingerprint density at radius 3 is 2.52 bits per heavy atom. The molecule has 2 rings (SSSR count). The molecule has 1 aliphatic heterocycles. The van der Waals surface area contributed by atoms with Crippen LogP contribution in [0, 0.1) is 0 Å². The van der Waals surface area contributed by atoms with Crippen LogP contribution in [0.15, 0.2) is 30.3 Å². The average molecular weight is 340 g/mol. The van der Waals surface area contributed by atoms with E-state index in [2.05, 4.69) is 21.8 Å². The van der Waals surface area contributed by atoms with Crippen LogP contribution in [-0.2, 0) is 21.2 Å². The topological polar surface area (TPSA) is 58.6 Å². The highest BCUT2D eigenvalue weighted by atomic mass is 32.2. The second-order valence-corrected chi connectivity index (χ2v) is 8.03. The fraction of sp³-hybridized carbons (Fsp3) is 0.647. The number of benzene rings is 1. The molecule has 23 heavy (non-hydrogen) atoms. The van der Waals surface area contributed by atoms with E-state index in [1.807, 2.05) is 18.2 Å². The minimum absolute atomic E-state index is 0.0154. The van der Waals surface area contributed by atoms with Gasteiger partial charge in [-0.3, -0.25) is 4.90 Å². The summed E-state index contributed by atoms with van der Waals surface area (Å²) in [6.07, 6.45) is 4.53. The van der Waals surface area contributed by atoms with Crippen LogP contribution in [0.4, 0.5) is 0 Å². The Labute approximate surface area is 140 Å². The van der Waals surface area contributed by atoms with E-state index in [0.717, 1.165) is 19.5 Å². The normalized spacial score (nSPS) is 18.0. The highest BCUT2D eigenvalue weighted by molar-refractivity contribution is 7.89. The summed E-state index contributed by atoms with van der Waals surface area (Å²) in [5.74, 6) is 0.0154. The molecule has 0 bridgehead atoms. The second kappa shape index (κ2) is 9.37. The van der Waals surface area contributed by atoms with Crippen molar-refractivity contribution in [2.24, 2.45) is 0 Å². The van der Waals surface area contributed by atoms with Crippen molar-refractivity contribution in [3.63, 3.8) is 0 Å². The molecule has 5 nitrogen and oxygen atoms in total. The first-order valence-electron chi connectivity index (χ1n) is 8.35. The van der Waals surface area contributed by atoms with E-state index in [1.165, 1.54) is 31.9 Å². The lowest BCUT2D eigenvalue weighted by atomic mass is 10.0. The zero-order valence-electron chi connectivity index (χ0n) is 13.9. The summed E-state index contributed by atoms with van der Waals surface area (Å²) in [5, 5.41) is 0. The molecule has 1 unspecified atom stereocenters. The van der Waals surface area contributed by atoms with Crippen LogP contribution in [0.2, 0.25) is 0 Å². The van der Waals surface area contributed by atoms with Crippen LogP contribution in [0.1, 0.15) is 24.8 Å². The van der Waals surface area contributed by atoms with E-state index in [1.54, 1.807) is 0 Å². The molecule has 0 aliphatic carbocycles. The number of nitrogens with one attached hydrogen (secondary N) is 1. The van der Waals surface area contributed by atoms with Gasteiger partial charge in [-0.25, -0.2) is 13.1 Å². The maximum Gasteiger partial charge on any atom is 0.213 e. The lowest BCUT2D eigenvalue weighted by Crippen LogP contribution is -2.47. The average Bonchev–Trinajstić information content (AvgIpc) is 2.58. The zero-order chi connectivity index (χ0) is 16.5. The molecular weight excluding hydrogens is 312 g/mol. The standard InChI is InChI=1S/C17H28N2O3S/c1-22-12-13-23(20,21)18-15-17(19-10-6-3-7-11-19)14-16-8-4-2-5-9-16/h2,4-5,8-9,17-18H,3,6-7,10-15H2,1H3. The highest BCUT2D eigenvalue weighted by Crippen LogP contribution is 2.15. The fourth-order valence-corrected chi connectivity index (χ4v) is 3.97. The quantitative estimate of drug-likeness (QED) is 0.743. The number of rotatable bonds is 9. The molecule has 1 atom stereocenters. The Kier molecular flexibility index (Phi) is 7.49. The van der Waals surface area contributed by atoms with Gasteiger partial charge in [0, 0.05) is 19.7 Å². The molecule has 0 aromatic heterocycles. The van der Waals surface area contributed by atoms with Gasteiger partial charge in [-0.2, -0.15) is 0 Å². The van der Waals surface area contributed by atoms with Crippen molar-refractivity contribution in [2.75, 3.05) is 39.1 Å². The van der Waals surface area contributed by atoms with E-state index in [0.29, 0.717) is 6.54 Å². The Bertz CT molecular complexity index is 542. The Balaban J connectivity index is 1.98. The monoisotopic (exact) mass is 340 g/mol. The summed E-state index contributed by atoms with van der Waals surface area (Å²) in [6, 6.07) is 10.5. The molecule has 1 aromatic rings. The summed E-state index contributed by atoms with van der Waals surface area (Å²) < 4.78 is 31.7. The highest BCUT2D eigenvalue weighted by Gasteiger charge is 2.22. The third-order valence-corrected chi connectivity index (χ3v) is 5.63. The number of piperidine rings is 1. The van der Waals surface area contributed by atoms with Crippen LogP contribution in [0.5, 0.6) is 0 Å². The molecule has 1 aliphatic rings. The fourth-order valence-electron chi connectivity index (χ4n) is 2.99. The first-order valence-corrected chi connectivity index (χ1v) is 10.0. The first-order chi connectivity index (χ1) is 11.1. The van der Waals surface area contributed by atoms with E-state index in [-0.39, 0.29) is 18.4 Å². The molecular formula is C17H28N2O3S. The van der Waals surface area contributed by atoms with Crippen molar-refractivity contribution in [2.45, 2.75) is 31.7 Å². The number of nitrogens with zero attached hydrogens (tertiary/aromatic N) is 1. The Hall–Kier alpha value is -0.950. The summed E-state index contributed by atoms with van der Waals surface area (Å²) in [7, 11) is -1.76. The number of methoxy groups -OCH3 is 1. The number of hydrogen-bond donors (Lipinski definition) is 1. The molecule has 0 saturated carbocycles. The predicted molar refractivity (Wildman–Crippen MR) is 93.0 cm³/mol. The van der Waals surface area contributed by atoms with Crippen LogP contribution >= 0.6 is 0 Å². The van der Waals surface area contributed by atoms with Gasteiger partial charge in [0.25, 0.3) is 0 Å². The lowest BCUT2D eigenvalue weighted by molar-refractivity contribution is 0.163. The summed E-state index contributed by atoms with van der Waals surface area (Å²) in [6.45, 7) is 2.79. The Morgan fingerprint density at radius 2 is 1.87 bits per heavy atom. The molecule has 1 fully saturated rings. The molecule has 6 heteroatoms. The predicted octanol–water partition coefficient (Wildman–Crippen LogP) is 1.65. The third kappa shape index (κ3) is 6.59. The second-order valence-electron chi connectivity index (χ2n) is 6.10. The molecule has 1 saturated heterocycles. The molecule has 1 heterocycles. The van der Waals surface area contributed by atoms with Crippen molar-refractivity contribution < 1.29 is 13.2 Å². The summed E-state index contributed by atoms with van der Waals surface area (Å²) in [5.41, 5.74) is 1.25. The SMILES string of the molecule is COCCS(=O)(=O)NCC(Cc1ccccc1)N1CCCCC1. The van der Waals surface area contributed by atoms with Crippen molar-refractivity contribution in [3.05, 3.63) is 35.9 Å². The van der Waals surface area contributed by atoms with Gasteiger partial charge in [0.05, 0.1) is 12.4 Å². The minimum Gasteiger partial charge on any atom is -0.384 e. The van der Waals surface area contributed by atoms with Gasteiger partial charge in [-0.1, -0.05) is 36.8 Å². The molecule has 0 radical (unpaired) electrons. The van der Waals surface area contributed by atoms with E-state index >= 15 is 0 Å². The third-order valence-electron chi connectivity index (χ3n) is 4.32. The van der Waals surface area contributed by atoms with Crippen molar-refractivity contribution in [1.29, 1.82) is 0 Å². The van der Waals surface area contributed by atoms with Gasteiger partial charge < -0.3 is 4.74 Å². The van der Waals surface area contributed by atoms with E-state index < -0.39 is 10.0 Å². The van der Waals surface area contributed by atoms with Crippen LogP contribution < -0.4 is 4.72 Å². The van der Waals surface area contributed by atoms with Gasteiger partial charge in [-0.05, 0) is 37.9 Å². The maximum absolute atomic E-state index is 12.0. The number of ether oxygens (including phenoxy) is 1. The molecule has 1 N–H and O–H groups in total. The maximum atomic E-state index is 12.0. The van der Waals surface area contributed by atoms with Crippen LogP contribution in [0.3, 0.4) is 0 Å². The van der Waals surface area contributed by atoms with Gasteiger partial charge in [0.2, 0.25) is 10.0 Å². The first kappa shape index (κ1) is 18.4. The molecule has 0 spiro atoms. The van der Waals surface area contributed by atoms with Gasteiger partial charge in [-0.15, -0.1) is 0 Å². The van der Waals surface area contributed by atoms with E-state index in [4.69, 9.17) is 4.74 Å². The smallest absolute Gasteiger partial charge is 0.213 e. The van der Waals surface area contributed by atoms with E-state index in [9.17, 15) is 8.42 Å². The van der Waals surface area contributed by atoms with Crippen molar-refractivity contribution >= 4 is 10.0 Å². The largest absolute Gasteiger partial charge is 0.384 e. The minimum atomic E-state index is -3.27. The van der Waals surface area contributed by atoms with Crippen LogP contribution in [-0.4, -0.2) is 58.5 Å². The summed E-state index contributed by atoms with van der Waals surface area (Å²) >= 11 is 0. The van der Waals surface area contributed by atoms with Gasteiger partial charge >= 0.3 is 0 Å². The van der Waals surface area contributed by atoms with Gasteiger partial charge in [0.1, 0.15) is 0 Å². The van der Waals surface area contributed by atoms with Crippen LogP contribution in [0.25, 0.3) is 0 Å². The van der Waals surface area contributed by atoms with Gasteiger partial charge in [0.15, 0.2) is 0 Å². The Morgan fingerprint density at radius 1 is 1.17 bits per heavy atom. The number of hydrogen-bond acceptors (Lipinski definition) is 4. The summed E-state index contributed by atoms with van der Waals surface area (Å²) in [4.78, 5) is 2.43. The molecule has 0 amide bonds. The van der Waals surface area contributed by atoms with Crippen molar-refractivity contribution in [1.82, 2.24) is 9.62 Å².